The lowest BCUT2D eigenvalue weighted by Gasteiger charge is -2.27. The molecule has 68 valence electrons. The maximum Gasteiger partial charge on any atom is 0.116 e. The van der Waals surface area contributed by atoms with Crippen LogP contribution in [0.25, 0.3) is 0 Å². The summed E-state index contributed by atoms with van der Waals surface area (Å²) in [5.74, 6) is 0. The van der Waals surface area contributed by atoms with Crippen LogP contribution in [-0.2, 0) is 0 Å². The monoisotopic (exact) mass is 165 g/mol. The van der Waals surface area contributed by atoms with Gasteiger partial charge in [-0.2, -0.15) is 0 Å². The van der Waals surface area contributed by atoms with Gasteiger partial charge in [-0.15, -0.1) is 0 Å². The fraction of sp³-hybridized carbons (Fsp3) is 1.00. The summed E-state index contributed by atoms with van der Waals surface area (Å²) >= 11 is 0. The Balaban J connectivity index is 0.000000461. The Bertz CT molecular complexity index is 73.1. The highest BCUT2D eigenvalue weighted by molar-refractivity contribution is 4.76. The third-order valence-electron chi connectivity index (χ3n) is 1.53. The van der Waals surface area contributed by atoms with E-state index < -0.39 is 12.3 Å². The molecule has 11 heavy (non-hydrogen) atoms. The van der Waals surface area contributed by atoms with Crippen molar-refractivity contribution in [1.82, 2.24) is 4.90 Å². The Morgan fingerprint density at radius 1 is 1.09 bits per heavy atom. The van der Waals surface area contributed by atoms with Crippen molar-refractivity contribution in [1.29, 1.82) is 0 Å². The predicted octanol–water partition coefficient (Wildman–Crippen LogP) is 2.02. The van der Waals surface area contributed by atoms with Crippen molar-refractivity contribution in [2.75, 3.05) is 20.1 Å². The highest BCUT2D eigenvalue weighted by Crippen LogP contribution is 2.14. The molecule has 0 saturated carbocycles. The van der Waals surface area contributed by atoms with E-state index in [0.717, 1.165) is 0 Å². The van der Waals surface area contributed by atoms with Crippen LogP contribution >= 0.6 is 0 Å². The van der Waals surface area contributed by atoms with Crippen molar-refractivity contribution in [3.05, 3.63) is 0 Å². The Labute approximate surface area is 67.4 Å². The number of likely N-dealkylation sites (tertiary alicyclic amines) is 1. The SMILES string of the molecule is CC.CN1C[C@H](F)C[C@H](F)C1. The first-order valence-electron chi connectivity index (χ1n) is 4.15. The minimum Gasteiger partial charge on any atom is -0.301 e. The van der Waals surface area contributed by atoms with E-state index in [0.29, 0.717) is 13.1 Å². The molecule has 3 heteroatoms. The zero-order chi connectivity index (χ0) is 8.85. The molecular weight excluding hydrogens is 148 g/mol. The summed E-state index contributed by atoms with van der Waals surface area (Å²) in [7, 11) is 1.73. The predicted molar refractivity (Wildman–Crippen MR) is 43.3 cm³/mol. The fourth-order valence-electron chi connectivity index (χ4n) is 1.18. The Kier molecular flexibility index (Phi) is 5.38. The molecule has 0 aromatic heterocycles. The van der Waals surface area contributed by atoms with Gasteiger partial charge in [0.15, 0.2) is 0 Å². The van der Waals surface area contributed by atoms with E-state index in [-0.39, 0.29) is 6.42 Å². The summed E-state index contributed by atoms with van der Waals surface area (Å²) in [4.78, 5) is 1.68. The van der Waals surface area contributed by atoms with E-state index in [9.17, 15) is 8.78 Å². The van der Waals surface area contributed by atoms with E-state index in [4.69, 9.17) is 0 Å². The molecule has 0 bridgehead atoms. The van der Waals surface area contributed by atoms with Gasteiger partial charge in [0.2, 0.25) is 0 Å². The van der Waals surface area contributed by atoms with Crippen LogP contribution < -0.4 is 0 Å². The summed E-state index contributed by atoms with van der Waals surface area (Å²) in [5, 5.41) is 0. The summed E-state index contributed by atoms with van der Waals surface area (Å²) in [6.45, 7) is 4.78. The van der Waals surface area contributed by atoms with Crippen LogP contribution in [0.2, 0.25) is 0 Å². The Hall–Kier alpha value is -0.180. The van der Waals surface area contributed by atoms with Gasteiger partial charge in [-0.05, 0) is 7.05 Å². The van der Waals surface area contributed by atoms with Gasteiger partial charge in [0.25, 0.3) is 0 Å². The van der Waals surface area contributed by atoms with Crippen LogP contribution in [0.4, 0.5) is 8.78 Å². The van der Waals surface area contributed by atoms with Crippen LogP contribution in [-0.4, -0.2) is 37.4 Å². The third-order valence-corrected chi connectivity index (χ3v) is 1.53. The molecule has 1 aliphatic heterocycles. The van der Waals surface area contributed by atoms with Gasteiger partial charge >= 0.3 is 0 Å². The molecule has 0 unspecified atom stereocenters. The van der Waals surface area contributed by atoms with Gasteiger partial charge in [0.1, 0.15) is 12.3 Å². The number of nitrogens with zero attached hydrogens (tertiary/aromatic N) is 1. The molecule has 1 nitrogen and oxygen atoms in total. The molecule has 1 saturated heterocycles. The molecule has 0 radical (unpaired) electrons. The first-order chi connectivity index (χ1) is 5.18. The standard InChI is InChI=1S/C6H11F2N.C2H6/c1-9-3-5(7)2-6(8)4-9;1-2/h5-6H,2-4H2,1H3;1-2H3/t5-,6+;. The maximum absolute atomic E-state index is 12.4. The highest BCUT2D eigenvalue weighted by atomic mass is 19.1. The maximum atomic E-state index is 12.4. The average molecular weight is 165 g/mol. The quantitative estimate of drug-likeness (QED) is 0.531. The molecular formula is C8H17F2N. The van der Waals surface area contributed by atoms with Crippen molar-refractivity contribution < 1.29 is 8.78 Å². The van der Waals surface area contributed by atoms with E-state index in [1.54, 1.807) is 11.9 Å². The topological polar surface area (TPSA) is 3.24 Å². The van der Waals surface area contributed by atoms with Crippen LogP contribution in [0.3, 0.4) is 0 Å². The summed E-state index contributed by atoms with van der Waals surface area (Å²) < 4.78 is 24.8. The second kappa shape index (κ2) is 5.47. The van der Waals surface area contributed by atoms with Gasteiger partial charge in [0.05, 0.1) is 0 Å². The normalized spacial score (nSPS) is 32.5. The van der Waals surface area contributed by atoms with E-state index in [1.165, 1.54) is 0 Å². The van der Waals surface area contributed by atoms with Crippen molar-refractivity contribution in [2.24, 2.45) is 0 Å². The van der Waals surface area contributed by atoms with Crippen LogP contribution in [0.5, 0.6) is 0 Å². The van der Waals surface area contributed by atoms with Crippen molar-refractivity contribution in [2.45, 2.75) is 32.6 Å². The van der Waals surface area contributed by atoms with E-state index in [1.807, 2.05) is 13.8 Å². The molecule has 1 rings (SSSR count). The molecule has 0 aromatic carbocycles. The molecule has 0 aliphatic carbocycles. The molecule has 0 amide bonds. The molecule has 1 fully saturated rings. The zero-order valence-corrected chi connectivity index (χ0v) is 7.48. The van der Waals surface area contributed by atoms with E-state index in [2.05, 4.69) is 0 Å². The number of hydrogen-bond acceptors (Lipinski definition) is 1. The van der Waals surface area contributed by atoms with Gasteiger partial charge in [-0.1, -0.05) is 13.8 Å². The first kappa shape index (κ1) is 10.8. The molecule has 2 atom stereocenters. The van der Waals surface area contributed by atoms with Gasteiger partial charge in [-0.3, -0.25) is 0 Å². The van der Waals surface area contributed by atoms with Crippen LogP contribution in [0.15, 0.2) is 0 Å². The number of rotatable bonds is 0. The molecule has 1 aliphatic rings. The highest BCUT2D eigenvalue weighted by Gasteiger charge is 2.23. The zero-order valence-electron chi connectivity index (χ0n) is 7.48. The van der Waals surface area contributed by atoms with Gasteiger partial charge in [-0.25, -0.2) is 8.78 Å². The Morgan fingerprint density at radius 2 is 1.45 bits per heavy atom. The second-order valence-electron chi connectivity index (χ2n) is 2.65. The fourth-order valence-corrected chi connectivity index (χ4v) is 1.18. The second-order valence-corrected chi connectivity index (χ2v) is 2.65. The van der Waals surface area contributed by atoms with Gasteiger partial charge < -0.3 is 4.90 Å². The lowest BCUT2D eigenvalue weighted by atomic mass is 10.1. The van der Waals surface area contributed by atoms with E-state index >= 15 is 0 Å². The summed E-state index contributed by atoms with van der Waals surface area (Å²) in [6.07, 6.45) is -1.83. The van der Waals surface area contributed by atoms with Crippen molar-refractivity contribution in [3.8, 4) is 0 Å². The number of hydrogen-bond donors (Lipinski definition) is 0. The molecule has 1 heterocycles. The van der Waals surface area contributed by atoms with Crippen molar-refractivity contribution in [3.63, 3.8) is 0 Å². The average Bonchev–Trinajstić information content (AvgIpc) is 1.88. The largest absolute Gasteiger partial charge is 0.301 e. The summed E-state index contributed by atoms with van der Waals surface area (Å²) in [6, 6.07) is 0. The van der Waals surface area contributed by atoms with Crippen LogP contribution in [0, 0.1) is 0 Å². The molecule has 0 N–H and O–H groups in total. The number of piperidine rings is 1. The number of halogens is 2. The smallest absolute Gasteiger partial charge is 0.116 e. The van der Waals surface area contributed by atoms with Crippen molar-refractivity contribution >= 4 is 0 Å². The summed E-state index contributed by atoms with van der Waals surface area (Å²) in [5.41, 5.74) is 0. The van der Waals surface area contributed by atoms with Gasteiger partial charge in [0, 0.05) is 19.5 Å². The molecule has 0 aromatic rings. The minimum atomic E-state index is -0.959. The van der Waals surface area contributed by atoms with Crippen LogP contribution in [0.1, 0.15) is 20.3 Å². The minimum absolute atomic E-state index is 0.0876. The number of alkyl halides is 2. The first-order valence-corrected chi connectivity index (χ1v) is 4.15. The Morgan fingerprint density at radius 3 is 1.73 bits per heavy atom. The molecule has 0 spiro atoms. The lowest BCUT2D eigenvalue weighted by Crippen LogP contribution is -2.39. The third kappa shape index (κ3) is 4.30. The lowest BCUT2D eigenvalue weighted by molar-refractivity contribution is 0.0917.